The summed E-state index contributed by atoms with van der Waals surface area (Å²) >= 11 is 3.37. The molecule has 0 saturated heterocycles. The molecule has 0 aliphatic carbocycles. The first kappa shape index (κ1) is 13.3. The normalized spacial score (nSPS) is 15.3. The van der Waals surface area contributed by atoms with Gasteiger partial charge in [0, 0.05) is 17.0 Å². The van der Waals surface area contributed by atoms with E-state index < -0.39 is 11.1 Å². The van der Waals surface area contributed by atoms with Gasteiger partial charge < -0.3 is 14.0 Å². The summed E-state index contributed by atoms with van der Waals surface area (Å²) in [4.78, 5) is 0.0240. The summed E-state index contributed by atoms with van der Waals surface area (Å²) in [6.45, 7) is 0.864. The predicted octanol–water partition coefficient (Wildman–Crippen LogP) is -1.65. The van der Waals surface area contributed by atoms with Crippen molar-refractivity contribution in [2.45, 2.75) is 4.90 Å². The van der Waals surface area contributed by atoms with Crippen LogP contribution in [-0.2, 0) is 11.1 Å². The van der Waals surface area contributed by atoms with Crippen LogP contribution in [0.25, 0.3) is 0 Å². The van der Waals surface area contributed by atoms with E-state index in [1.165, 1.54) is 12.1 Å². The number of hydrogen-bond acceptors (Lipinski definition) is 4. The van der Waals surface area contributed by atoms with E-state index >= 15 is 0 Å². The number of benzene rings is 1. The van der Waals surface area contributed by atoms with Gasteiger partial charge in [-0.05, 0) is 11.1 Å². The zero-order valence-corrected chi connectivity index (χ0v) is 11.6. The molecule has 76 valence electrons. The summed E-state index contributed by atoms with van der Waals surface area (Å²) in [5.41, 5.74) is 0. The summed E-state index contributed by atoms with van der Waals surface area (Å²) in [7, 11) is 0. The van der Waals surface area contributed by atoms with Crippen molar-refractivity contribution in [3.05, 3.63) is 17.2 Å². The molecular weight excluding hydrogens is 251 g/mol. The summed E-state index contributed by atoms with van der Waals surface area (Å²) in [5, 5.41) is 0.141. The molecule has 7 heteroatoms. The molecule has 1 aliphatic rings. The molecular formula is C8H6ClNaO4S. The fraction of sp³-hybridized carbons (Fsp3) is 0.250. The van der Waals surface area contributed by atoms with Crippen molar-refractivity contribution in [3.63, 3.8) is 0 Å². The smallest absolute Gasteiger partial charge is 0.768 e. The number of halogens is 1. The molecule has 1 aromatic rings. The molecule has 4 nitrogen and oxygen atoms in total. The summed E-state index contributed by atoms with van der Waals surface area (Å²) in [6, 6.07) is 2.81. The molecule has 0 N–H and O–H groups in total. The monoisotopic (exact) mass is 256 g/mol. The van der Waals surface area contributed by atoms with Crippen molar-refractivity contribution in [3.8, 4) is 11.5 Å². The molecule has 1 unspecified atom stereocenters. The minimum absolute atomic E-state index is 0. The van der Waals surface area contributed by atoms with Crippen molar-refractivity contribution >= 4 is 22.7 Å². The molecule has 0 aromatic heterocycles. The molecule has 2 rings (SSSR count). The van der Waals surface area contributed by atoms with Crippen molar-refractivity contribution in [2.75, 3.05) is 13.2 Å². The fourth-order valence-corrected chi connectivity index (χ4v) is 1.94. The van der Waals surface area contributed by atoms with Crippen molar-refractivity contribution < 1.29 is 47.8 Å². The van der Waals surface area contributed by atoms with E-state index in [0.717, 1.165) is 0 Å². The summed E-state index contributed by atoms with van der Waals surface area (Å²) in [5.74, 6) is 0.898. The van der Waals surface area contributed by atoms with Gasteiger partial charge >= 0.3 is 29.6 Å². The fourth-order valence-electron chi connectivity index (χ4n) is 1.17. The third-order valence-corrected chi connectivity index (χ3v) is 2.90. The predicted molar refractivity (Wildman–Crippen MR) is 49.6 cm³/mol. The SMILES string of the molecule is O=S([O-])c1cc2c(cc1Cl)OCCO2.[Na+]. The van der Waals surface area contributed by atoms with E-state index in [-0.39, 0.29) is 39.5 Å². The van der Waals surface area contributed by atoms with Crippen LogP contribution in [0.2, 0.25) is 5.02 Å². The number of ether oxygens (including phenoxy) is 2. The Kier molecular flexibility index (Phi) is 4.89. The Morgan fingerprint density at radius 3 is 2.33 bits per heavy atom. The Labute approximate surface area is 116 Å². The first-order chi connectivity index (χ1) is 6.68. The van der Waals surface area contributed by atoms with E-state index in [0.29, 0.717) is 24.7 Å². The molecule has 0 fully saturated rings. The van der Waals surface area contributed by atoms with Gasteiger partial charge in [0.25, 0.3) is 0 Å². The molecule has 1 aromatic carbocycles. The maximum atomic E-state index is 10.7. The molecule has 1 atom stereocenters. The van der Waals surface area contributed by atoms with Gasteiger partial charge in [0.1, 0.15) is 13.2 Å². The number of fused-ring (bicyclic) bond motifs is 1. The zero-order chi connectivity index (χ0) is 10.1. The second kappa shape index (κ2) is 5.52. The molecule has 1 aliphatic heterocycles. The second-order valence-electron chi connectivity index (χ2n) is 2.66. The zero-order valence-electron chi connectivity index (χ0n) is 7.99. The van der Waals surface area contributed by atoms with Crippen molar-refractivity contribution in [1.82, 2.24) is 0 Å². The van der Waals surface area contributed by atoms with E-state index in [1.54, 1.807) is 0 Å². The summed E-state index contributed by atoms with van der Waals surface area (Å²) in [6.07, 6.45) is 0. The van der Waals surface area contributed by atoms with Crippen LogP contribution in [0, 0.1) is 0 Å². The molecule has 0 spiro atoms. The van der Waals surface area contributed by atoms with Gasteiger partial charge in [-0.3, -0.25) is 4.21 Å². The Bertz CT molecular complexity index is 398. The van der Waals surface area contributed by atoms with Crippen molar-refractivity contribution in [2.24, 2.45) is 0 Å². The van der Waals surface area contributed by atoms with Gasteiger partial charge in [0.05, 0.1) is 5.02 Å². The van der Waals surface area contributed by atoms with E-state index in [9.17, 15) is 8.76 Å². The van der Waals surface area contributed by atoms with E-state index in [2.05, 4.69) is 0 Å². The van der Waals surface area contributed by atoms with Gasteiger partial charge in [0.15, 0.2) is 11.5 Å². The van der Waals surface area contributed by atoms with Crippen LogP contribution in [0.15, 0.2) is 17.0 Å². The second-order valence-corrected chi connectivity index (χ2v) is 3.98. The first-order valence-electron chi connectivity index (χ1n) is 3.87. The summed E-state index contributed by atoms with van der Waals surface area (Å²) < 4.78 is 31.9. The first-order valence-corrected chi connectivity index (χ1v) is 5.32. The minimum Gasteiger partial charge on any atom is -0.768 e. The quantitative estimate of drug-likeness (QED) is 0.446. The molecule has 1 heterocycles. The van der Waals surface area contributed by atoms with Gasteiger partial charge in [0.2, 0.25) is 0 Å². The average Bonchev–Trinajstić information content (AvgIpc) is 2.16. The van der Waals surface area contributed by atoms with Crippen LogP contribution in [-0.4, -0.2) is 22.0 Å². The average molecular weight is 257 g/mol. The van der Waals surface area contributed by atoms with E-state index in [1.807, 2.05) is 0 Å². The topological polar surface area (TPSA) is 58.6 Å². The van der Waals surface area contributed by atoms with Crippen LogP contribution in [0.5, 0.6) is 11.5 Å². The van der Waals surface area contributed by atoms with Crippen LogP contribution < -0.4 is 39.0 Å². The molecule has 0 bridgehead atoms. The van der Waals surface area contributed by atoms with Crippen molar-refractivity contribution in [1.29, 1.82) is 0 Å². The van der Waals surface area contributed by atoms with Gasteiger partial charge in [-0.2, -0.15) is 0 Å². The van der Waals surface area contributed by atoms with Crippen LogP contribution in [0.4, 0.5) is 0 Å². The molecule has 15 heavy (non-hydrogen) atoms. The third-order valence-electron chi connectivity index (χ3n) is 1.78. The largest absolute Gasteiger partial charge is 1.00 e. The van der Waals surface area contributed by atoms with Crippen LogP contribution in [0.3, 0.4) is 0 Å². The maximum Gasteiger partial charge on any atom is 1.00 e. The Hall–Kier alpha value is 0.220. The Balaban J connectivity index is 0.00000112. The third kappa shape index (κ3) is 2.87. The minimum atomic E-state index is -2.36. The molecule has 0 amide bonds. The Morgan fingerprint density at radius 1 is 1.27 bits per heavy atom. The van der Waals surface area contributed by atoms with Gasteiger partial charge in [-0.15, -0.1) is 0 Å². The Morgan fingerprint density at radius 2 is 1.80 bits per heavy atom. The van der Waals surface area contributed by atoms with Crippen LogP contribution >= 0.6 is 11.6 Å². The van der Waals surface area contributed by atoms with Gasteiger partial charge in [-0.25, -0.2) is 0 Å². The maximum absolute atomic E-state index is 10.7. The van der Waals surface area contributed by atoms with Crippen LogP contribution in [0.1, 0.15) is 0 Å². The molecule has 0 radical (unpaired) electrons. The number of rotatable bonds is 1. The number of hydrogen-bond donors (Lipinski definition) is 0. The van der Waals surface area contributed by atoms with E-state index in [4.69, 9.17) is 21.1 Å². The molecule has 0 saturated carbocycles. The van der Waals surface area contributed by atoms with Gasteiger partial charge in [-0.1, -0.05) is 11.6 Å². The standard InChI is InChI=1S/C8H7ClO4S.Na/c9-5-3-6-7(13-2-1-12-6)4-8(5)14(10)11;/h3-4H,1-2H2,(H,10,11);/q;+1/p-1.